The van der Waals surface area contributed by atoms with Gasteiger partial charge in [0.05, 0.1) is 0 Å². The lowest BCUT2D eigenvalue weighted by Crippen LogP contribution is -2.13. The van der Waals surface area contributed by atoms with Gasteiger partial charge in [-0.3, -0.25) is 4.79 Å². The van der Waals surface area contributed by atoms with Crippen LogP contribution >= 0.6 is 0 Å². The third kappa shape index (κ3) is 2.37. The first kappa shape index (κ1) is 11.9. The number of rotatable bonds is 3. The molecule has 1 nitrogen and oxygen atoms in total. The fourth-order valence-electron chi connectivity index (χ4n) is 2.73. The van der Waals surface area contributed by atoms with E-state index in [4.69, 9.17) is 0 Å². The van der Waals surface area contributed by atoms with Crippen molar-refractivity contribution in [3.8, 4) is 0 Å². The minimum Gasteiger partial charge on any atom is -0.293 e. The van der Waals surface area contributed by atoms with Crippen LogP contribution in [-0.2, 0) is 0 Å². The van der Waals surface area contributed by atoms with E-state index < -0.39 is 0 Å². The lowest BCUT2D eigenvalue weighted by atomic mass is 9.88. The topological polar surface area (TPSA) is 17.1 Å². The Labute approximate surface area is 113 Å². The number of ketones is 1. The highest BCUT2D eigenvalue weighted by Crippen LogP contribution is 2.35. The van der Waals surface area contributed by atoms with E-state index in [0.29, 0.717) is 0 Å². The molecule has 0 aromatic heterocycles. The normalized spacial score (nSPS) is 18.1. The highest BCUT2D eigenvalue weighted by Gasteiger charge is 2.27. The summed E-state index contributed by atoms with van der Waals surface area (Å²) in [4.78, 5) is 12.6. The molecule has 0 aliphatic heterocycles. The number of hydrogen-bond donors (Lipinski definition) is 0. The van der Waals surface area contributed by atoms with Gasteiger partial charge in [0.2, 0.25) is 0 Å². The molecular weight excluding hydrogens is 232 g/mol. The molecule has 0 saturated heterocycles. The zero-order valence-corrected chi connectivity index (χ0v) is 10.8. The van der Waals surface area contributed by atoms with Crippen LogP contribution in [-0.4, -0.2) is 5.78 Å². The predicted octanol–water partition coefficient (Wildman–Crippen LogP) is 4.36. The molecule has 0 bridgehead atoms. The molecule has 0 N–H and O–H groups in total. The molecule has 0 radical (unpaired) electrons. The minimum absolute atomic E-state index is 0.0183. The molecule has 0 heterocycles. The van der Waals surface area contributed by atoms with Crippen molar-refractivity contribution in [1.82, 2.24) is 0 Å². The van der Waals surface area contributed by atoms with Gasteiger partial charge in [0.25, 0.3) is 0 Å². The second-order valence-electron chi connectivity index (χ2n) is 4.89. The summed E-state index contributed by atoms with van der Waals surface area (Å²) in [6.45, 7) is 0. The first-order chi connectivity index (χ1) is 9.36. The second kappa shape index (κ2) is 5.23. The van der Waals surface area contributed by atoms with Gasteiger partial charge >= 0.3 is 0 Å². The van der Waals surface area contributed by atoms with Crippen LogP contribution in [0.25, 0.3) is 5.57 Å². The van der Waals surface area contributed by atoms with Crippen LogP contribution in [0.1, 0.15) is 28.8 Å². The van der Waals surface area contributed by atoms with Crippen LogP contribution in [0.15, 0.2) is 66.7 Å². The maximum Gasteiger partial charge on any atom is 0.170 e. The molecule has 1 heteroatoms. The zero-order chi connectivity index (χ0) is 13.1. The summed E-state index contributed by atoms with van der Waals surface area (Å²) in [6.07, 6.45) is 4.13. The Morgan fingerprint density at radius 3 is 2.21 bits per heavy atom. The predicted molar refractivity (Wildman–Crippen MR) is 77.9 cm³/mol. The summed E-state index contributed by atoms with van der Waals surface area (Å²) in [5, 5.41) is 0. The number of carbonyl (C=O) groups is 1. The quantitative estimate of drug-likeness (QED) is 0.737. The van der Waals surface area contributed by atoms with Crippen LogP contribution in [0.5, 0.6) is 0 Å². The average molecular weight is 248 g/mol. The van der Waals surface area contributed by atoms with Crippen LogP contribution in [0.2, 0.25) is 0 Å². The molecule has 0 saturated carbocycles. The first-order valence-electron chi connectivity index (χ1n) is 6.71. The van der Waals surface area contributed by atoms with Crippen LogP contribution < -0.4 is 0 Å². The third-order valence-corrected chi connectivity index (χ3v) is 3.68. The number of hydrogen-bond acceptors (Lipinski definition) is 1. The minimum atomic E-state index is 0.0183. The summed E-state index contributed by atoms with van der Waals surface area (Å²) < 4.78 is 0. The monoisotopic (exact) mass is 248 g/mol. The fraction of sp³-hybridized carbons (Fsp3) is 0.167. The largest absolute Gasteiger partial charge is 0.293 e. The van der Waals surface area contributed by atoms with Crippen molar-refractivity contribution in [2.45, 2.75) is 12.8 Å². The molecule has 0 spiro atoms. The molecule has 19 heavy (non-hydrogen) atoms. The van der Waals surface area contributed by atoms with E-state index in [2.05, 4.69) is 18.2 Å². The Hall–Kier alpha value is -2.15. The number of carbonyl (C=O) groups excluding carboxylic acids is 1. The Bertz CT molecular complexity index is 596. The van der Waals surface area contributed by atoms with Gasteiger partial charge in [-0.1, -0.05) is 66.7 Å². The zero-order valence-electron chi connectivity index (χ0n) is 10.8. The standard InChI is InChI=1S/C18H16O/c19-18(15-10-5-2-6-11-15)17-13-7-12-16(17)14-8-3-1-4-9-14/h1-6,8-12,17H,7,13H2/t17-/m1/s1. The van der Waals surface area contributed by atoms with Gasteiger partial charge in [0, 0.05) is 11.5 Å². The van der Waals surface area contributed by atoms with Crippen molar-refractivity contribution < 1.29 is 4.79 Å². The summed E-state index contributed by atoms with van der Waals surface area (Å²) >= 11 is 0. The summed E-state index contributed by atoms with van der Waals surface area (Å²) in [6, 6.07) is 19.8. The fourth-order valence-corrected chi connectivity index (χ4v) is 2.73. The molecule has 0 fully saturated rings. The molecular formula is C18H16O. The molecule has 2 aromatic carbocycles. The van der Waals surface area contributed by atoms with Crippen LogP contribution in [0.3, 0.4) is 0 Å². The van der Waals surface area contributed by atoms with Gasteiger partial charge in [-0.05, 0) is 24.0 Å². The van der Waals surface area contributed by atoms with E-state index in [1.807, 2.05) is 48.5 Å². The van der Waals surface area contributed by atoms with E-state index in [0.717, 1.165) is 18.4 Å². The van der Waals surface area contributed by atoms with Gasteiger partial charge in [-0.15, -0.1) is 0 Å². The molecule has 3 rings (SSSR count). The molecule has 2 aromatic rings. The van der Waals surface area contributed by atoms with Gasteiger partial charge in [0.1, 0.15) is 0 Å². The van der Waals surface area contributed by atoms with Crippen LogP contribution in [0.4, 0.5) is 0 Å². The number of benzene rings is 2. The van der Waals surface area contributed by atoms with E-state index in [1.54, 1.807) is 0 Å². The smallest absolute Gasteiger partial charge is 0.170 e. The average Bonchev–Trinajstić information content (AvgIpc) is 2.98. The molecule has 0 amide bonds. The lowest BCUT2D eigenvalue weighted by molar-refractivity contribution is 0.0949. The molecule has 1 aliphatic carbocycles. The van der Waals surface area contributed by atoms with E-state index in [-0.39, 0.29) is 11.7 Å². The summed E-state index contributed by atoms with van der Waals surface area (Å²) in [7, 11) is 0. The van der Waals surface area contributed by atoms with Crippen molar-refractivity contribution in [3.63, 3.8) is 0 Å². The number of Topliss-reactive ketones (excluding diaryl/α,β-unsaturated/α-hetero) is 1. The Balaban J connectivity index is 1.90. The van der Waals surface area contributed by atoms with Gasteiger partial charge < -0.3 is 0 Å². The highest BCUT2D eigenvalue weighted by atomic mass is 16.1. The Morgan fingerprint density at radius 2 is 1.53 bits per heavy atom. The molecule has 1 atom stereocenters. The van der Waals surface area contributed by atoms with Crippen molar-refractivity contribution >= 4 is 11.4 Å². The van der Waals surface area contributed by atoms with Crippen molar-refractivity contribution in [3.05, 3.63) is 77.9 Å². The molecule has 94 valence electrons. The molecule has 1 aliphatic rings. The van der Waals surface area contributed by atoms with Crippen molar-refractivity contribution in [1.29, 1.82) is 0 Å². The highest BCUT2D eigenvalue weighted by molar-refractivity contribution is 6.05. The summed E-state index contributed by atoms with van der Waals surface area (Å²) in [5.41, 5.74) is 3.18. The van der Waals surface area contributed by atoms with Crippen molar-refractivity contribution in [2.24, 2.45) is 5.92 Å². The first-order valence-corrected chi connectivity index (χ1v) is 6.71. The van der Waals surface area contributed by atoms with Crippen molar-refractivity contribution in [2.75, 3.05) is 0 Å². The SMILES string of the molecule is O=C(c1ccccc1)[C@@H]1CCC=C1c1ccccc1. The van der Waals surface area contributed by atoms with Gasteiger partial charge in [-0.2, -0.15) is 0 Å². The number of allylic oxidation sites excluding steroid dienone is 2. The molecule has 0 unspecified atom stereocenters. The van der Waals surface area contributed by atoms with Gasteiger partial charge in [0.15, 0.2) is 5.78 Å². The lowest BCUT2D eigenvalue weighted by Gasteiger charge is -2.14. The Kier molecular flexibility index (Phi) is 3.28. The summed E-state index contributed by atoms with van der Waals surface area (Å²) in [5.74, 6) is 0.262. The maximum atomic E-state index is 12.6. The van der Waals surface area contributed by atoms with Crippen LogP contribution in [0, 0.1) is 5.92 Å². The van der Waals surface area contributed by atoms with E-state index >= 15 is 0 Å². The Morgan fingerprint density at radius 1 is 0.895 bits per heavy atom. The van der Waals surface area contributed by atoms with E-state index in [1.165, 1.54) is 11.1 Å². The van der Waals surface area contributed by atoms with E-state index in [9.17, 15) is 4.79 Å². The van der Waals surface area contributed by atoms with Gasteiger partial charge in [-0.25, -0.2) is 0 Å². The second-order valence-corrected chi connectivity index (χ2v) is 4.89. The third-order valence-electron chi connectivity index (χ3n) is 3.68. The maximum absolute atomic E-state index is 12.6.